The number of hydrogen-bond donors (Lipinski definition) is 0. The zero-order chi connectivity index (χ0) is 13.1. The van der Waals surface area contributed by atoms with E-state index >= 15 is 0 Å². The first-order chi connectivity index (χ1) is 9.35. The molecule has 108 valence electrons. The molecule has 2 heterocycles. The van der Waals surface area contributed by atoms with Crippen molar-refractivity contribution in [3.05, 3.63) is 36.1 Å². The number of methoxy groups -OCH3 is 1. The van der Waals surface area contributed by atoms with Crippen molar-refractivity contribution in [3.63, 3.8) is 0 Å². The average molecular weight is 295 g/mol. The summed E-state index contributed by atoms with van der Waals surface area (Å²) in [5.74, 6) is 1.79. The molecule has 1 aromatic heterocycles. The van der Waals surface area contributed by atoms with Gasteiger partial charge in [0.05, 0.1) is 13.7 Å². The minimum Gasteiger partial charge on any atom is -0.497 e. The molecule has 3 rings (SSSR count). The van der Waals surface area contributed by atoms with E-state index in [4.69, 9.17) is 9.26 Å². The molecule has 0 bridgehead atoms. The van der Waals surface area contributed by atoms with Gasteiger partial charge in [0.15, 0.2) is 5.76 Å². The van der Waals surface area contributed by atoms with E-state index in [0.717, 1.165) is 29.3 Å². The lowest BCUT2D eigenvalue weighted by Crippen LogP contribution is -2.17. The van der Waals surface area contributed by atoms with Crippen LogP contribution in [-0.2, 0) is 6.54 Å². The van der Waals surface area contributed by atoms with Gasteiger partial charge in [0.25, 0.3) is 0 Å². The van der Waals surface area contributed by atoms with Crippen LogP contribution in [0.5, 0.6) is 5.75 Å². The molecular weight excluding hydrogens is 276 g/mol. The summed E-state index contributed by atoms with van der Waals surface area (Å²) in [6.07, 6.45) is 2.58. The Morgan fingerprint density at radius 1 is 1.20 bits per heavy atom. The third kappa shape index (κ3) is 3.32. The Bertz CT molecular complexity index is 533. The van der Waals surface area contributed by atoms with Gasteiger partial charge >= 0.3 is 0 Å². The van der Waals surface area contributed by atoms with Crippen molar-refractivity contribution in [2.45, 2.75) is 19.4 Å². The van der Waals surface area contributed by atoms with Crippen molar-refractivity contribution in [1.29, 1.82) is 0 Å². The van der Waals surface area contributed by atoms with Crippen LogP contribution in [0.15, 0.2) is 34.9 Å². The Morgan fingerprint density at radius 2 is 1.90 bits per heavy atom. The Hall–Kier alpha value is -1.52. The maximum Gasteiger partial charge on any atom is 0.151 e. The van der Waals surface area contributed by atoms with Gasteiger partial charge in [-0.1, -0.05) is 5.16 Å². The van der Waals surface area contributed by atoms with E-state index in [9.17, 15) is 0 Å². The lowest BCUT2D eigenvalue weighted by molar-refractivity contribution is 0.274. The van der Waals surface area contributed by atoms with Gasteiger partial charge in [0, 0.05) is 11.6 Å². The molecule has 2 aromatic rings. The molecule has 0 unspecified atom stereocenters. The number of hydrogen-bond acceptors (Lipinski definition) is 4. The molecule has 0 saturated carbocycles. The molecule has 20 heavy (non-hydrogen) atoms. The van der Waals surface area contributed by atoms with Crippen molar-refractivity contribution in [2.24, 2.45) is 0 Å². The Kier molecular flexibility index (Phi) is 5.04. The van der Waals surface area contributed by atoms with Crippen LogP contribution in [0.4, 0.5) is 0 Å². The lowest BCUT2D eigenvalue weighted by atomic mass is 10.1. The highest BCUT2D eigenvalue weighted by Crippen LogP contribution is 2.23. The van der Waals surface area contributed by atoms with Crippen LogP contribution < -0.4 is 4.74 Å². The normalized spacial score (nSPS) is 15.1. The number of rotatable bonds is 4. The maximum absolute atomic E-state index is 5.41. The number of aromatic nitrogens is 1. The van der Waals surface area contributed by atoms with E-state index in [-0.39, 0.29) is 12.4 Å². The van der Waals surface area contributed by atoms with Crippen molar-refractivity contribution in [3.8, 4) is 17.0 Å². The van der Waals surface area contributed by atoms with E-state index in [1.807, 2.05) is 30.3 Å². The van der Waals surface area contributed by atoms with Crippen molar-refractivity contribution in [2.75, 3.05) is 20.2 Å². The summed E-state index contributed by atoms with van der Waals surface area (Å²) in [5.41, 5.74) is 1.94. The van der Waals surface area contributed by atoms with E-state index in [2.05, 4.69) is 10.1 Å². The molecule has 5 heteroatoms. The predicted molar refractivity (Wildman–Crippen MR) is 80.3 cm³/mol. The van der Waals surface area contributed by atoms with Crippen LogP contribution in [0.1, 0.15) is 18.6 Å². The van der Waals surface area contributed by atoms with Gasteiger partial charge in [-0.25, -0.2) is 0 Å². The van der Waals surface area contributed by atoms with Crippen LogP contribution in [-0.4, -0.2) is 30.3 Å². The molecule has 1 saturated heterocycles. The van der Waals surface area contributed by atoms with Gasteiger partial charge in [-0.15, -0.1) is 12.4 Å². The van der Waals surface area contributed by atoms with Gasteiger partial charge in [0.1, 0.15) is 11.4 Å². The van der Waals surface area contributed by atoms with Crippen LogP contribution >= 0.6 is 12.4 Å². The molecule has 1 aromatic carbocycles. The van der Waals surface area contributed by atoms with Gasteiger partial charge < -0.3 is 9.26 Å². The van der Waals surface area contributed by atoms with Crippen molar-refractivity contribution >= 4 is 12.4 Å². The Labute approximate surface area is 125 Å². The number of nitrogens with zero attached hydrogens (tertiary/aromatic N) is 2. The fraction of sp³-hybridized carbons (Fsp3) is 0.400. The molecule has 0 amide bonds. The highest BCUT2D eigenvalue weighted by Gasteiger charge is 2.15. The maximum atomic E-state index is 5.41. The van der Waals surface area contributed by atoms with Gasteiger partial charge in [0.2, 0.25) is 0 Å². The quantitative estimate of drug-likeness (QED) is 0.866. The zero-order valence-corrected chi connectivity index (χ0v) is 12.4. The third-order valence-electron chi connectivity index (χ3n) is 3.52. The minimum absolute atomic E-state index is 0. The molecular formula is C15H19ClN2O2. The molecule has 4 nitrogen and oxygen atoms in total. The van der Waals surface area contributed by atoms with Crippen molar-refractivity contribution < 1.29 is 9.26 Å². The summed E-state index contributed by atoms with van der Waals surface area (Å²) in [4.78, 5) is 2.40. The summed E-state index contributed by atoms with van der Waals surface area (Å²) in [5, 5.41) is 4.14. The van der Waals surface area contributed by atoms with Gasteiger partial charge in [-0.2, -0.15) is 0 Å². The molecule has 0 spiro atoms. The third-order valence-corrected chi connectivity index (χ3v) is 3.52. The largest absolute Gasteiger partial charge is 0.497 e. The second-order valence-corrected chi connectivity index (χ2v) is 4.89. The molecule has 0 N–H and O–H groups in total. The van der Waals surface area contributed by atoms with Gasteiger partial charge in [-0.3, -0.25) is 4.90 Å². The molecule has 0 aliphatic carbocycles. The molecule has 0 atom stereocenters. The number of likely N-dealkylation sites (tertiary alicyclic amines) is 1. The lowest BCUT2D eigenvalue weighted by Gasteiger charge is -2.10. The number of benzene rings is 1. The van der Waals surface area contributed by atoms with Crippen LogP contribution in [0.3, 0.4) is 0 Å². The topological polar surface area (TPSA) is 38.5 Å². The minimum atomic E-state index is 0. The molecule has 1 aliphatic heterocycles. The molecule has 1 fully saturated rings. The summed E-state index contributed by atoms with van der Waals surface area (Å²) >= 11 is 0. The standard InChI is InChI=1S/C15H18N2O2.ClH/c1-18-13-6-4-12(5-7-13)15-10-14(19-16-15)11-17-8-2-3-9-17;/h4-7,10H,2-3,8-9,11H2,1H3;1H. The van der Waals surface area contributed by atoms with Crippen LogP contribution in [0.2, 0.25) is 0 Å². The van der Waals surface area contributed by atoms with E-state index in [1.165, 1.54) is 25.9 Å². The Balaban J connectivity index is 0.00000147. The van der Waals surface area contributed by atoms with E-state index in [0.29, 0.717) is 0 Å². The number of ether oxygens (including phenoxy) is 1. The monoisotopic (exact) mass is 294 g/mol. The fourth-order valence-corrected chi connectivity index (χ4v) is 2.45. The summed E-state index contributed by atoms with van der Waals surface area (Å²) in [7, 11) is 1.67. The second kappa shape index (κ2) is 6.77. The highest BCUT2D eigenvalue weighted by atomic mass is 35.5. The zero-order valence-electron chi connectivity index (χ0n) is 11.5. The van der Waals surface area contributed by atoms with Crippen molar-refractivity contribution in [1.82, 2.24) is 10.1 Å². The van der Waals surface area contributed by atoms with Crippen LogP contribution in [0.25, 0.3) is 11.3 Å². The summed E-state index contributed by atoms with van der Waals surface area (Å²) in [6, 6.07) is 9.89. The fourth-order valence-electron chi connectivity index (χ4n) is 2.45. The first-order valence-corrected chi connectivity index (χ1v) is 6.67. The predicted octanol–water partition coefficient (Wildman–Crippen LogP) is 3.37. The molecule has 0 radical (unpaired) electrons. The second-order valence-electron chi connectivity index (χ2n) is 4.89. The highest BCUT2D eigenvalue weighted by molar-refractivity contribution is 5.85. The van der Waals surface area contributed by atoms with E-state index < -0.39 is 0 Å². The smallest absolute Gasteiger partial charge is 0.151 e. The van der Waals surface area contributed by atoms with Crippen LogP contribution in [0, 0.1) is 0 Å². The summed E-state index contributed by atoms with van der Waals surface area (Å²) in [6.45, 7) is 3.19. The summed E-state index contributed by atoms with van der Waals surface area (Å²) < 4.78 is 10.6. The first-order valence-electron chi connectivity index (χ1n) is 6.67. The van der Waals surface area contributed by atoms with E-state index in [1.54, 1.807) is 7.11 Å². The molecule has 1 aliphatic rings. The number of halogens is 1. The Morgan fingerprint density at radius 3 is 2.55 bits per heavy atom. The van der Waals surface area contributed by atoms with Gasteiger partial charge in [-0.05, 0) is 50.2 Å². The first kappa shape index (κ1) is 14.9. The SMILES string of the molecule is COc1ccc(-c2cc(CN3CCCC3)on2)cc1.Cl. The average Bonchev–Trinajstić information content (AvgIpc) is 3.11.